The van der Waals surface area contributed by atoms with Crippen molar-refractivity contribution in [3.8, 4) is 11.5 Å². The molecule has 2 aromatic rings. The lowest BCUT2D eigenvalue weighted by molar-refractivity contribution is 0.357. The summed E-state index contributed by atoms with van der Waals surface area (Å²) in [7, 11) is 0. The Hall–Kier alpha value is -1.19. The van der Waals surface area contributed by atoms with E-state index in [9.17, 15) is 5.11 Å². The Labute approximate surface area is 125 Å². The molecule has 0 saturated carbocycles. The number of hydrogen-bond donors (Lipinski definition) is 1. The lowest BCUT2D eigenvalue weighted by Gasteiger charge is -2.08. The van der Waals surface area contributed by atoms with Crippen LogP contribution in [0.25, 0.3) is 0 Å². The summed E-state index contributed by atoms with van der Waals surface area (Å²) in [6, 6.07) is 9.67. The van der Waals surface area contributed by atoms with E-state index in [1.54, 1.807) is 6.07 Å². The highest BCUT2D eigenvalue weighted by atomic mass is 79.9. The molecular formula is C15H12BrClO2. The molecule has 0 amide bonds. The zero-order valence-corrected chi connectivity index (χ0v) is 12.5. The Morgan fingerprint density at radius 2 is 2.11 bits per heavy atom. The molecule has 0 unspecified atom stereocenters. The van der Waals surface area contributed by atoms with Gasteiger partial charge in [-0.25, -0.2) is 0 Å². The van der Waals surface area contributed by atoms with Crippen LogP contribution >= 0.6 is 27.5 Å². The van der Waals surface area contributed by atoms with Gasteiger partial charge in [-0.2, -0.15) is 0 Å². The zero-order chi connectivity index (χ0) is 13.4. The van der Waals surface area contributed by atoms with Crippen LogP contribution in [0.1, 0.15) is 16.7 Å². The van der Waals surface area contributed by atoms with Crippen molar-refractivity contribution in [3.63, 3.8) is 0 Å². The minimum absolute atomic E-state index is 0.163. The molecule has 0 aliphatic carbocycles. The number of phenols is 1. The number of hydrogen-bond acceptors (Lipinski definition) is 2. The SMILES string of the molecule is Oc1cc(Cl)c(Cc2ccc3c(c2)CCO3)cc1Br. The van der Waals surface area contributed by atoms with Gasteiger partial charge in [0, 0.05) is 11.4 Å². The third-order valence-electron chi connectivity index (χ3n) is 3.26. The molecule has 19 heavy (non-hydrogen) atoms. The van der Waals surface area contributed by atoms with Crippen molar-refractivity contribution >= 4 is 27.5 Å². The molecule has 98 valence electrons. The lowest BCUT2D eigenvalue weighted by atomic mass is 10.0. The number of benzene rings is 2. The summed E-state index contributed by atoms with van der Waals surface area (Å²) in [4.78, 5) is 0. The monoisotopic (exact) mass is 338 g/mol. The van der Waals surface area contributed by atoms with E-state index in [0.717, 1.165) is 30.8 Å². The van der Waals surface area contributed by atoms with E-state index in [-0.39, 0.29) is 5.75 Å². The van der Waals surface area contributed by atoms with Crippen molar-refractivity contribution in [2.75, 3.05) is 6.61 Å². The van der Waals surface area contributed by atoms with Crippen LogP contribution in [0, 0.1) is 0 Å². The van der Waals surface area contributed by atoms with Crippen molar-refractivity contribution in [1.29, 1.82) is 0 Å². The molecule has 0 fully saturated rings. The van der Waals surface area contributed by atoms with E-state index < -0.39 is 0 Å². The minimum atomic E-state index is 0.163. The Kier molecular flexibility index (Phi) is 3.42. The standard InChI is InChI=1S/C15H12BrClO2/c16-12-7-11(13(17)8-14(12)18)6-9-1-2-15-10(5-9)3-4-19-15/h1-2,5,7-8,18H,3-4,6H2. The fraction of sp³-hybridized carbons (Fsp3) is 0.200. The van der Waals surface area contributed by atoms with E-state index >= 15 is 0 Å². The number of fused-ring (bicyclic) bond motifs is 1. The molecule has 1 aliphatic rings. The molecule has 0 saturated heterocycles. The second-order valence-corrected chi connectivity index (χ2v) is 5.87. The smallest absolute Gasteiger partial charge is 0.131 e. The third kappa shape index (κ3) is 2.58. The minimum Gasteiger partial charge on any atom is -0.507 e. The van der Waals surface area contributed by atoms with Crippen molar-refractivity contribution in [2.45, 2.75) is 12.8 Å². The molecule has 1 aliphatic heterocycles. The summed E-state index contributed by atoms with van der Waals surface area (Å²) in [6.45, 7) is 0.768. The van der Waals surface area contributed by atoms with Gasteiger partial charge in [0.05, 0.1) is 11.1 Å². The maximum absolute atomic E-state index is 9.57. The summed E-state index contributed by atoms with van der Waals surface area (Å²) in [5, 5.41) is 10.2. The maximum atomic E-state index is 9.57. The van der Waals surface area contributed by atoms with Crippen LogP contribution in [-0.4, -0.2) is 11.7 Å². The summed E-state index contributed by atoms with van der Waals surface area (Å²) < 4.78 is 6.16. The number of aromatic hydroxyl groups is 1. The summed E-state index contributed by atoms with van der Waals surface area (Å²) in [5.41, 5.74) is 3.44. The van der Waals surface area contributed by atoms with E-state index in [4.69, 9.17) is 16.3 Å². The first-order valence-electron chi connectivity index (χ1n) is 6.05. The molecule has 1 heterocycles. The quantitative estimate of drug-likeness (QED) is 0.882. The predicted molar refractivity (Wildman–Crippen MR) is 79.3 cm³/mol. The molecule has 2 aromatic carbocycles. The summed E-state index contributed by atoms with van der Waals surface area (Å²) in [6.07, 6.45) is 1.71. The number of ether oxygens (including phenoxy) is 1. The number of phenolic OH excluding ortho intramolecular Hbond substituents is 1. The van der Waals surface area contributed by atoms with Gasteiger partial charge in [-0.05, 0) is 57.2 Å². The normalized spacial score (nSPS) is 13.2. The molecule has 2 nitrogen and oxygen atoms in total. The maximum Gasteiger partial charge on any atom is 0.131 e. The average molecular weight is 340 g/mol. The predicted octanol–water partition coefficient (Wildman–Crippen LogP) is 4.33. The van der Waals surface area contributed by atoms with Crippen molar-refractivity contribution < 1.29 is 9.84 Å². The fourth-order valence-corrected chi connectivity index (χ4v) is 2.90. The van der Waals surface area contributed by atoms with Crippen molar-refractivity contribution in [2.24, 2.45) is 0 Å². The zero-order valence-electron chi connectivity index (χ0n) is 10.1. The first kappa shape index (κ1) is 12.8. The van der Waals surface area contributed by atoms with Gasteiger partial charge in [0.1, 0.15) is 11.5 Å². The van der Waals surface area contributed by atoms with Crippen LogP contribution in [0.15, 0.2) is 34.8 Å². The van der Waals surface area contributed by atoms with Gasteiger partial charge in [-0.3, -0.25) is 0 Å². The van der Waals surface area contributed by atoms with Gasteiger partial charge in [-0.15, -0.1) is 0 Å². The van der Waals surface area contributed by atoms with Crippen LogP contribution in [0.5, 0.6) is 11.5 Å². The van der Waals surface area contributed by atoms with Gasteiger partial charge < -0.3 is 9.84 Å². The Bertz CT molecular complexity index is 640. The largest absolute Gasteiger partial charge is 0.507 e. The molecule has 4 heteroatoms. The molecule has 0 bridgehead atoms. The van der Waals surface area contributed by atoms with Crippen LogP contribution in [0.4, 0.5) is 0 Å². The third-order valence-corrected chi connectivity index (χ3v) is 4.25. The van der Waals surface area contributed by atoms with Crippen LogP contribution in [0.2, 0.25) is 5.02 Å². The summed E-state index contributed by atoms with van der Waals surface area (Å²) >= 11 is 9.48. The lowest BCUT2D eigenvalue weighted by Crippen LogP contribution is -1.91. The van der Waals surface area contributed by atoms with Crippen LogP contribution < -0.4 is 4.74 Å². The van der Waals surface area contributed by atoms with Crippen molar-refractivity contribution in [3.05, 3.63) is 56.5 Å². The molecule has 0 spiro atoms. The van der Waals surface area contributed by atoms with Gasteiger partial charge in [-0.1, -0.05) is 23.7 Å². The molecular weight excluding hydrogens is 328 g/mol. The first-order valence-corrected chi connectivity index (χ1v) is 7.22. The van der Waals surface area contributed by atoms with Gasteiger partial charge in [0.25, 0.3) is 0 Å². The van der Waals surface area contributed by atoms with E-state index in [0.29, 0.717) is 9.50 Å². The van der Waals surface area contributed by atoms with Crippen molar-refractivity contribution in [1.82, 2.24) is 0 Å². The number of rotatable bonds is 2. The van der Waals surface area contributed by atoms with Gasteiger partial charge >= 0.3 is 0 Å². The Morgan fingerprint density at radius 3 is 2.95 bits per heavy atom. The molecule has 1 N–H and O–H groups in total. The molecule has 0 radical (unpaired) electrons. The van der Waals surface area contributed by atoms with Crippen LogP contribution in [0.3, 0.4) is 0 Å². The topological polar surface area (TPSA) is 29.5 Å². The highest BCUT2D eigenvalue weighted by Gasteiger charge is 2.13. The molecule has 0 atom stereocenters. The highest BCUT2D eigenvalue weighted by molar-refractivity contribution is 9.10. The Balaban J connectivity index is 1.91. The second-order valence-electron chi connectivity index (χ2n) is 4.61. The fourth-order valence-electron chi connectivity index (χ4n) is 2.28. The molecule has 3 rings (SSSR count). The summed E-state index contributed by atoms with van der Waals surface area (Å²) in [5.74, 6) is 1.15. The van der Waals surface area contributed by atoms with Gasteiger partial charge in [0.2, 0.25) is 0 Å². The van der Waals surface area contributed by atoms with E-state index in [2.05, 4.69) is 28.1 Å². The highest BCUT2D eigenvalue weighted by Crippen LogP contribution is 2.32. The first-order chi connectivity index (χ1) is 9.13. The number of halogens is 2. The molecule has 0 aromatic heterocycles. The van der Waals surface area contributed by atoms with E-state index in [1.807, 2.05) is 12.1 Å². The Morgan fingerprint density at radius 1 is 1.26 bits per heavy atom. The van der Waals surface area contributed by atoms with Gasteiger partial charge in [0.15, 0.2) is 0 Å². The van der Waals surface area contributed by atoms with Crippen LogP contribution in [-0.2, 0) is 12.8 Å². The second kappa shape index (κ2) is 5.06. The average Bonchev–Trinajstić information content (AvgIpc) is 2.83. The van der Waals surface area contributed by atoms with E-state index in [1.165, 1.54) is 11.1 Å².